The van der Waals surface area contributed by atoms with Crippen LogP contribution in [0.3, 0.4) is 0 Å². The van der Waals surface area contributed by atoms with Gasteiger partial charge < -0.3 is 0 Å². The second-order valence-corrected chi connectivity index (χ2v) is 9.44. The second-order valence-electron chi connectivity index (χ2n) is 8.49. The molecule has 0 saturated carbocycles. The fourth-order valence-corrected chi connectivity index (χ4v) is 5.15. The van der Waals surface area contributed by atoms with Crippen molar-refractivity contribution in [1.82, 2.24) is 19.7 Å². The number of pyridine rings is 1. The highest BCUT2D eigenvalue weighted by molar-refractivity contribution is 7.99. The van der Waals surface area contributed by atoms with Gasteiger partial charge in [-0.05, 0) is 24.3 Å². The van der Waals surface area contributed by atoms with Crippen LogP contribution in [0.2, 0.25) is 0 Å². The Morgan fingerprint density at radius 2 is 1.38 bits per heavy atom. The summed E-state index contributed by atoms with van der Waals surface area (Å²) in [4.78, 5) is 17.8. The molecule has 0 amide bonds. The van der Waals surface area contributed by atoms with Gasteiger partial charge in [-0.1, -0.05) is 109 Å². The first-order valence-corrected chi connectivity index (χ1v) is 12.9. The van der Waals surface area contributed by atoms with Gasteiger partial charge in [0.2, 0.25) is 0 Å². The molecule has 37 heavy (non-hydrogen) atoms. The molecule has 0 N–H and O–H groups in total. The van der Waals surface area contributed by atoms with Crippen molar-refractivity contribution in [1.29, 1.82) is 0 Å². The van der Waals surface area contributed by atoms with Gasteiger partial charge in [0.05, 0.1) is 17.0 Å². The zero-order valence-electron chi connectivity index (χ0n) is 19.9. The molecule has 6 aromatic rings. The molecule has 2 aromatic heterocycles. The Labute approximate surface area is 218 Å². The number of carbonyl (C=O) groups excluding carboxylic acids is 1. The van der Waals surface area contributed by atoms with Crippen LogP contribution in [0.25, 0.3) is 39.2 Å². The number of Topliss-reactive ketones (excluding diaryl/α,β-unsaturated/α-hetero) is 1. The maximum Gasteiger partial charge on any atom is 0.196 e. The lowest BCUT2D eigenvalue weighted by molar-refractivity contribution is 0.102. The van der Waals surface area contributed by atoms with Crippen LogP contribution in [0.4, 0.5) is 0 Å². The lowest BCUT2D eigenvalue weighted by atomic mass is 10.0. The third kappa shape index (κ3) is 4.67. The number of fused-ring (bicyclic) bond motifs is 1. The number of aromatic nitrogens is 4. The monoisotopic (exact) mass is 498 g/mol. The van der Waals surface area contributed by atoms with Gasteiger partial charge in [0.25, 0.3) is 0 Å². The lowest BCUT2D eigenvalue weighted by Crippen LogP contribution is -2.05. The average molecular weight is 499 g/mol. The summed E-state index contributed by atoms with van der Waals surface area (Å²) in [5.41, 5.74) is 5.33. The number of hydrogen-bond acceptors (Lipinski definition) is 5. The van der Waals surface area contributed by atoms with Gasteiger partial charge in [-0.3, -0.25) is 9.36 Å². The number of para-hydroxylation sites is 2. The summed E-state index contributed by atoms with van der Waals surface area (Å²) in [7, 11) is 0. The molecule has 2 heterocycles. The largest absolute Gasteiger partial charge is 0.293 e. The summed E-state index contributed by atoms with van der Waals surface area (Å²) >= 11 is 1.39. The van der Waals surface area contributed by atoms with Crippen LogP contribution < -0.4 is 0 Å². The molecule has 0 atom stereocenters. The Morgan fingerprint density at radius 3 is 2.14 bits per heavy atom. The van der Waals surface area contributed by atoms with Gasteiger partial charge in [-0.2, -0.15) is 0 Å². The smallest absolute Gasteiger partial charge is 0.196 e. The number of benzene rings is 4. The van der Waals surface area contributed by atoms with Crippen LogP contribution in [-0.2, 0) is 0 Å². The molecular formula is C31H22N4OS. The Bertz CT molecular complexity index is 1680. The van der Waals surface area contributed by atoms with Gasteiger partial charge in [-0.25, -0.2) is 4.98 Å². The van der Waals surface area contributed by atoms with Crippen molar-refractivity contribution in [3.63, 3.8) is 0 Å². The third-order valence-corrected chi connectivity index (χ3v) is 7.03. The molecule has 0 unspecified atom stereocenters. The maximum absolute atomic E-state index is 12.8. The Morgan fingerprint density at radius 1 is 0.730 bits per heavy atom. The standard InChI is InChI=1S/C31H22N4OS/c36-29(23-14-6-2-7-15-23)21-37-31-34-33-30(35(31)24-16-8-3-9-17-24)26-20-28(22-12-4-1-5-13-22)32-27-19-11-10-18-25(26)27/h1-20H,21H2. The first kappa shape index (κ1) is 22.9. The summed E-state index contributed by atoms with van der Waals surface area (Å²) in [6.45, 7) is 0. The predicted molar refractivity (Wildman–Crippen MR) is 149 cm³/mol. The van der Waals surface area contributed by atoms with E-state index in [2.05, 4.69) is 34.5 Å². The molecule has 0 fully saturated rings. The molecule has 0 spiro atoms. The van der Waals surface area contributed by atoms with Crippen LogP contribution in [0.15, 0.2) is 126 Å². The number of rotatable bonds is 7. The summed E-state index contributed by atoms with van der Waals surface area (Å²) in [5.74, 6) is 1.02. The van der Waals surface area contributed by atoms with E-state index in [1.807, 2.05) is 102 Å². The molecule has 0 radical (unpaired) electrons. The average Bonchev–Trinajstić information content (AvgIpc) is 3.40. The number of carbonyl (C=O) groups is 1. The number of nitrogens with zero attached hydrogens (tertiary/aromatic N) is 4. The molecule has 0 aliphatic heterocycles. The lowest BCUT2D eigenvalue weighted by Gasteiger charge is -2.13. The molecule has 0 bridgehead atoms. The van der Waals surface area contributed by atoms with Crippen molar-refractivity contribution in [3.8, 4) is 28.3 Å². The molecule has 4 aromatic carbocycles. The Balaban J connectivity index is 1.48. The summed E-state index contributed by atoms with van der Waals surface area (Å²) in [5, 5.41) is 10.8. The van der Waals surface area contributed by atoms with Crippen LogP contribution in [0, 0.1) is 0 Å². The fraction of sp³-hybridized carbons (Fsp3) is 0.0323. The molecule has 6 rings (SSSR count). The van der Waals surface area contributed by atoms with E-state index in [0.29, 0.717) is 16.5 Å². The molecule has 5 nitrogen and oxygen atoms in total. The normalized spacial score (nSPS) is 11.0. The van der Waals surface area contributed by atoms with Gasteiger partial charge in [0.15, 0.2) is 16.8 Å². The van der Waals surface area contributed by atoms with Gasteiger partial charge >= 0.3 is 0 Å². The van der Waals surface area contributed by atoms with Crippen LogP contribution in [0.1, 0.15) is 10.4 Å². The van der Waals surface area contributed by atoms with Crippen molar-refractivity contribution >= 4 is 28.4 Å². The van der Waals surface area contributed by atoms with Gasteiger partial charge in [0.1, 0.15) is 0 Å². The van der Waals surface area contributed by atoms with E-state index >= 15 is 0 Å². The van der Waals surface area contributed by atoms with E-state index < -0.39 is 0 Å². The van der Waals surface area contributed by atoms with E-state index in [0.717, 1.165) is 33.4 Å². The molecule has 6 heteroatoms. The van der Waals surface area contributed by atoms with E-state index in [-0.39, 0.29) is 11.5 Å². The molecular weight excluding hydrogens is 476 g/mol. The third-order valence-electron chi connectivity index (χ3n) is 6.10. The van der Waals surface area contributed by atoms with Crippen molar-refractivity contribution in [2.45, 2.75) is 5.16 Å². The minimum absolute atomic E-state index is 0.0514. The minimum atomic E-state index is 0.0514. The van der Waals surface area contributed by atoms with E-state index in [1.54, 1.807) is 0 Å². The fourth-order valence-electron chi connectivity index (χ4n) is 4.30. The number of thioether (sulfide) groups is 1. The van der Waals surface area contributed by atoms with Crippen LogP contribution in [-0.4, -0.2) is 31.3 Å². The SMILES string of the molecule is O=C(CSc1nnc(-c2cc(-c3ccccc3)nc3ccccc23)n1-c1ccccc1)c1ccccc1. The summed E-state index contributed by atoms with van der Waals surface area (Å²) < 4.78 is 2.03. The van der Waals surface area contributed by atoms with E-state index in [9.17, 15) is 4.79 Å². The van der Waals surface area contributed by atoms with E-state index in [1.165, 1.54) is 11.8 Å². The van der Waals surface area contributed by atoms with Crippen LogP contribution >= 0.6 is 11.8 Å². The Hall–Kier alpha value is -4.55. The van der Waals surface area contributed by atoms with Gasteiger partial charge in [-0.15, -0.1) is 10.2 Å². The van der Waals surface area contributed by atoms with Crippen molar-refractivity contribution in [2.24, 2.45) is 0 Å². The minimum Gasteiger partial charge on any atom is -0.293 e. The van der Waals surface area contributed by atoms with Crippen molar-refractivity contribution in [3.05, 3.63) is 127 Å². The highest BCUT2D eigenvalue weighted by Crippen LogP contribution is 2.34. The molecule has 0 aliphatic carbocycles. The number of ketones is 1. The van der Waals surface area contributed by atoms with E-state index in [4.69, 9.17) is 4.98 Å². The molecule has 178 valence electrons. The maximum atomic E-state index is 12.8. The Kier molecular flexibility index (Phi) is 6.31. The zero-order valence-corrected chi connectivity index (χ0v) is 20.7. The van der Waals surface area contributed by atoms with Crippen LogP contribution in [0.5, 0.6) is 0 Å². The predicted octanol–water partition coefficient (Wildman–Crippen LogP) is 7.12. The van der Waals surface area contributed by atoms with Gasteiger partial charge in [0, 0.05) is 27.8 Å². The summed E-state index contributed by atoms with van der Waals surface area (Å²) in [6, 6.07) is 39.6. The second kappa shape index (κ2) is 10.2. The summed E-state index contributed by atoms with van der Waals surface area (Å²) in [6.07, 6.45) is 0. The quantitative estimate of drug-likeness (QED) is 0.173. The van der Waals surface area contributed by atoms with Crippen molar-refractivity contribution in [2.75, 3.05) is 5.75 Å². The number of hydrogen-bond donors (Lipinski definition) is 0. The highest BCUT2D eigenvalue weighted by Gasteiger charge is 2.20. The van der Waals surface area contributed by atoms with Crippen molar-refractivity contribution < 1.29 is 4.79 Å². The first-order valence-electron chi connectivity index (χ1n) is 12.0. The molecule has 0 saturated heterocycles. The zero-order chi connectivity index (χ0) is 25.0. The highest BCUT2D eigenvalue weighted by atomic mass is 32.2. The first-order chi connectivity index (χ1) is 18.3. The molecule has 0 aliphatic rings. The topological polar surface area (TPSA) is 60.7 Å².